The van der Waals surface area contributed by atoms with Crippen molar-refractivity contribution in [3.05, 3.63) is 45.3 Å². The van der Waals surface area contributed by atoms with Gasteiger partial charge < -0.3 is 19.4 Å². The van der Waals surface area contributed by atoms with Gasteiger partial charge in [-0.15, -0.1) is 11.3 Å². The molecule has 0 radical (unpaired) electrons. The number of hydrogen-bond donors (Lipinski definition) is 1. The third-order valence-electron chi connectivity index (χ3n) is 3.83. The maximum Gasteiger partial charge on any atom is 0.266 e. The monoisotopic (exact) mass is 359 g/mol. The Morgan fingerprint density at radius 2 is 1.84 bits per heavy atom. The van der Waals surface area contributed by atoms with E-state index in [1.165, 1.54) is 36.5 Å². The number of hydrogen-bond acceptors (Lipinski definition) is 6. The predicted molar refractivity (Wildman–Crippen MR) is 97.1 cm³/mol. The Kier molecular flexibility index (Phi) is 4.45. The molecule has 1 N–H and O–H groups in total. The normalized spacial score (nSPS) is 10.7. The van der Waals surface area contributed by atoms with Crippen LogP contribution in [0, 0.1) is 6.92 Å². The largest absolute Gasteiger partial charge is 0.497 e. The van der Waals surface area contributed by atoms with Gasteiger partial charge in [-0.05, 0) is 12.5 Å². The zero-order valence-corrected chi connectivity index (χ0v) is 15.1. The van der Waals surface area contributed by atoms with E-state index >= 15 is 0 Å². The summed E-state index contributed by atoms with van der Waals surface area (Å²) in [5.74, 6) is 0.828. The lowest BCUT2D eigenvalue weighted by atomic mass is 10.2. The highest BCUT2D eigenvalue weighted by atomic mass is 32.1. The second kappa shape index (κ2) is 6.56. The van der Waals surface area contributed by atoms with Gasteiger partial charge in [0.1, 0.15) is 16.3 Å². The number of benzene rings is 1. The first-order valence-electron chi connectivity index (χ1n) is 7.43. The van der Waals surface area contributed by atoms with Crippen LogP contribution < -0.4 is 20.3 Å². The number of ether oxygens (including phenoxy) is 2. The summed E-state index contributed by atoms with van der Waals surface area (Å²) in [5, 5.41) is 3.29. The lowest BCUT2D eigenvalue weighted by Gasteiger charge is -2.09. The second-order valence-electron chi connectivity index (χ2n) is 5.45. The number of nitrogens with one attached hydrogen (secondary N) is 1. The van der Waals surface area contributed by atoms with Crippen LogP contribution in [0.15, 0.2) is 29.3 Å². The van der Waals surface area contributed by atoms with Crippen LogP contribution in [-0.2, 0) is 7.05 Å². The van der Waals surface area contributed by atoms with Gasteiger partial charge in [-0.1, -0.05) is 0 Å². The van der Waals surface area contributed by atoms with Crippen LogP contribution in [0.1, 0.15) is 15.2 Å². The van der Waals surface area contributed by atoms with Crippen molar-refractivity contribution in [3.63, 3.8) is 0 Å². The van der Waals surface area contributed by atoms with E-state index in [0.717, 1.165) is 0 Å². The number of aromatic nitrogens is 2. The number of thiophene rings is 1. The lowest BCUT2D eigenvalue weighted by Crippen LogP contribution is -2.17. The van der Waals surface area contributed by atoms with Crippen molar-refractivity contribution < 1.29 is 14.3 Å². The molecule has 0 spiro atoms. The first kappa shape index (κ1) is 17.0. The predicted octanol–water partition coefficient (Wildman–Crippen LogP) is 2.57. The molecule has 130 valence electrons. The van der Waals surface area contributed by atoms with Gasteiger partial charge in [0.25, 0.3) is 11.5 Å². The van der Waals surface area contributed by atoms with E-state index in [4.69, 9.17) is 9.47 Å². The Balaban J connectivity index is 2.00. The topological polar surface area (TPSA) is 82.5 Å². The number of anilines is 1. The number of methoxy groups -OCH3 is 2. The molecule has 8 heteroatoms. The van der Waals surface area contributed by atoms with Crippen molar-refractivity contribution in [2.24, 2.45) is 7.05 Å². The molecule has 3 rings (SSSR count). The molecule has 0 aliphatic rings. The molecular weight excluding hydrogens is 342 g/mol. The summed E-state index contributed by atoms with van der Waals surface area (Å²) in [4.78, 5) is 30.2. The maximum absolute atomic E-state index is 12.7. The molecule has 1 amide bonds. The Morgan fingerprint density at radius 3 is 2.44 bits per heavy atom. The molecule has 0 aliphatic carbocycles. The highest BCUT2D eigenvalue weighted by Gasteiger charge is 2.19. The van der Waals surface area contributed by atoms with Gasteiger partial charge in [0.15, 0.2) is 0 Å². The summed E-state index contributed by atoms with van der Waals surface area (Å²) in [5.41, 5.74) is 1.00. The molecule has 2 heterocycles. The maximum atomic E-state index is 12.7. The molecule has 7 nitrogen and oxygen atoms in total. The van der Waals surface area contributed by atoms with Gasteiger partial charge in [-0.25, -0.2) is 4.98 Å². The second-order valence-corrected chi connectivity index (χ2v) is 6.45. The number of rotatable bonds is 4. The first-order chi connectivity index (χ1) is 11.9. The average Bonchev–Trinajstić information content (AvgIpc) is 2.95. The molecule has 0 fully saturated rings. The van der Waals surface area contributed by atoms with E-state index in [1.54, 1.807) is 32.2 Å². The Morgan fingerprint density at radius 1 is 1.20 bits per heavy atom. The van der Waals surface area contributed by atoms with Crippen LogP contribution in [0.25, 0.3) is 10.2 Å². The van der Waals surface area contributed by atoms with E-state index in [-0.39, 0.29) is 11.5 Å². The zero-order valence-electron chi connectivity index (χ0n) is 14.2. The molecule has 2 aromatic heterocycles. The SMILES string of the molecule is COc1cc(NC(=O)c2sc3ncn(C)c(=O)c3c2C)cc(OC)c1. The fourth-order valence-corrected chi connectivity index (χ4v) is 3.53. The summed E-state index contributed by atoms with van der Waals surface area (Å²) < 4.78 is 11.8. The lowest BCUT2D eigenvalue weighted by molar-refractivity contribution is 0.103. The van der Waals surface area contributed by atoms with Crippen LogP contribution in [0.2, 0.25) is 0 Å². The van der Waals surface area contributed by atoms with Gasteiger partial charge >= 0.3 is 0 Å². The first-order valence-corrected chi connectivity index (χ1v) is 8.25. The van der Waals surface area contributed by atoms with E-state index in [1.807, 2.05) is 0 Å². The number of nitrogens with zero attached hydrogens (tertiary/aromatic N) is 2. The molecule has 0 atom stereocenters. The number of fused-ring (bicyclic) bond motifs is 1. The zero-order chi connectivity index (χ0) is 18.1. The molecule has 0 bridgehead atoms. The molecule has 25 heavy (non-hydrogen) atoms. The van der Waals surface area contributed by atoms with E-state index in [0.29, 0.717) is 37.8 Å². The number of carbonyl (C=O) groups excluding carboxylic acids is 1. The fourth-order valence-electron chi connectivity index (χ4n) is 2.49. The van der Waals surface area contributed by atoms with Crippen LogP contribution >= 0.6 is 11.3 Å². The van der Waals surface area contributed by atoms with Crippen molar-refractivity contribution in [1.29, 1.82) is 0 Å². The average molecular weight is 359 g/mol. The highest BCUT2D eigenvalue weighted by molar-refractivity contribution is 7.20. The highest BCUT2D eigenvalue weighted by Crippen LogP contribution is 2.29. The third-order valence-corrected chi connectivity index (χ3v) is 5.02. The molecule has 0 unspecified atom stereocenters. The summed E-state index contributed by atoms with van der Waals surface area (Å²) in [7, 11) is 4.71. The van der Waals surface area contributed by atoms with Gasteiger partial charge in [0.05, 0.1) is 30.8 Å². The minimum absolute atomic E-state index is 0.166. The molecule has 3 aromatic rings. The van der Waals surface area contributed by atoms with Crippen molar-refractivity contribution in [1.82, 2.24) is 9.55 Å². The summed E-state index contributed by atoms with van der Waals surface area (Å²) >= 11 is 1.20. The van der Waals surface area contributed by atoms with E-state index < -0.39 is 0 Å². The van der Waals surface area contributed by atoms with Gasteiger partial charge in [0.2, 0.25) is 0 Å². The minimum Gasteiger partial charge on any atom is -0.497 e. The Bertz CT molecular complexity index is 1000. The molecular formula is C17H17N3O4S. The van der Waals surface area contributed by atoms with Gasteiger partial charge in [-0.2, -0.15) is 0 Å². The quantitative estimate of drug-likeness (QED) is 0.774. The van der Waals surface area contributed by atoms with Crippen molar-refractivity contribution >= 4 is 33.1 Å². The van der Waals surface area contributed by atoms with Crippen LogP contribution in [0.3, 0.4) is 0 Å². The minimum atomic E-state index is -0.308. The standard InChI is InChI=1S/C17H17N3O4S/c1-9-13-16(18-8-20(2)17(13)22)25-14(9)15(21)19-10-5-11(23-3)7-12(6-10)24-4/h5-8H,1-4H3,(H,19,21). The molecule has 0 aliphatic heterocycles. The molecule has 1 aromatic carbocycles. The van der Waals surface area contributed by atoms with E-state index in [2.05, 4.69) is 10.3 Å². The summed E-state index contributed by atoms with van der Waals surface area (Å²) in [6, 6.07) is 5.11. The number of amides is 1. The Hall–Kier alpha value is -2.87. The fraction of sp³-hybridized carbons (Fsp3) is 0.235. The van der Waals surface area contributed by atoms with Crippen LogP contribution in [0.4, 0.5) is 5.69 Å². The van der Waals surface area contributed by atoms with Crippen LogP contribution in [-0.4, -0.2) is 29.7 Å². The molecule has 0 saturated carbocycles. The van der Waals surface area contributed by atoms with Crippen LogP contribution in [0.5, 0.6) is 11.5 Å². The number of carbonyl (C=O) groups is 1. The van der Waals surface area contributed by atoms with Crippen molar-refractivity contribution in [2.75, 3.05) is 19.5 Å². The van der Waals surface area contributed by atoms with Crippen molar-refractivity contribution in [3.8, 4) is 11.5 Å². The van der Waals surface area contributed by atoms with Gasteiger partial charge in [-0.3, -0.25) is 9.59 Å². The Labute approximate surface area is 147 Å². The van der Waals surface area contributed by atoms with E-state index in [9.17, 15) is 9.59 Å². The third kappa shape index (κ3) is 3.08. The molecule has 0 saturated heterocycles. The summed E-state index contributed by atoms with van der Waals surface area (Å²) in [6.45, 7) is 1.75. The smallest absolute Gasteiger partial charge is 0.266 e. The van der Waals surface area contributed by atoms with Gasteiger partial charge in [0, 0.05) is 30.9 Å². The van der Waals surface area contributed by atoms with Crippen molar-refractivity contribution in [2.45, 2.75) is 6.92 Å². The number of aryl methyl sites for hydroxylation is 2. The summed E-state index contributed by atoms with van der Waals surface area (Å²) in [6.07, 6.45) is 1.45.